The minimum Gasteiger partial charge on any atom is -0.496 e. The third-order valence-electron chi connectivity index (χ3n) is 5.02. The number of nitrogens with zero attached hydrogens (tertiary/aromatic N) is 2. The predicted molar refractivity (Wildman–Crippen MR) is 106 cm³/mol. The lowest BCUT2D eigenvalue weighted by atomic mass is 10.1. The van der Waals surface area contributed by atoms with Crippen molar-refractivity contribution in [2.24, 2.45) is 0 Å². The van der Waals surface area contributed by atoms with Crippen LogP contribution >= 0.6 is 0 Å². The maximum absolute atomic E-state index is 13.1. The number of aromatic nitrogens is 1. The van der Waals surface area contributed by atoms with E-state index in [2.05, 4.69) is 10.2 Å². The van der Waals surface area contributed by atoms with Crippen LogP contribution < -0.4 is 10.1 Å². The molecule has 2 heterocycles. The Morgan fingerprint density at radius 1 is 1.04 bits per heavy atom. The monoisotopic (exact) mass is 385 g/mol. The zero-order chi connectivity index (χ0) is 18.9. The molecule has 1 aromatic heterocycles. The van der Waals surface area contributed by atoms with Gasteiger partial charge in [-0.25, -0.2) is 12.4 Å². The number of rotatable bonds is 5. The molecule has 0 amide bonds. The first-order chi connectivity index (χ1) is 13.1. The van der Waals surface area contributed by atoms with Crippen LogP contribution in [0.2, 0.25) is 0 Å². The highest BCUT2D eigenvalue weighted by molar-refractivity contribution is 7.90. The summed E-state index contributed by atoms with van der Waals surface area (Å²) < 4.78 is 33.1. The van der Waals surface area contributed by atoms with E-state index in [1.54, 1.807) is 37.6 Å². The van der Waals surface area contributed by atoms with E-state index in [0.29, 0.717) is 5.52 Å². The molecule has 7 heteroatoms. The third-order valence-corrected chi connectivity index (χ3v) is 6.72. The maximum atomic E-state index is 13.1. The number of piperazine rings is 1. The van der Waals surface area contributed by atoms with Crippen LogP contribution in [0.25, 0.3) is 10.9 Å². The molecule has 0 radical (unpaired) electrons. The van der Waals surface area contributed by atoms with Crippen molar-refractivity contribution in [3.63, 3.8) is 0 Å². The largest absolute Gasteiger partial charge is 0.496 e. The molecule has 6 nitrogen and oxygen atoms in total. The first kappa shape index (κ1) is 18.0. The molecule has 0 aliphatic carbocycles. The van der Waals surface area contributed by atoms with Gasteiger partial charge in [-0.05, 0) is 30.3 Å². The third kappa shape index (κ3) is 3.34. The van der Waals surface area contributed by atoms with Gasteiger partial charge in [-0.15, -0.1) is 0 Å². The first-order valence-corrected chi connectivity index (χ1v) is 10.5. The van der Waals surface area contributed by atoms with Crippen molar-refractivity contribution in [1.82, 2.24) is 14.2 Å². The Morgan fingerprint density at radius 2 is 1.78 bits per heavy atom. The molecular weight excluding hydrogens is 362 g/mol. The van der Waals surface area contributed by atoms with Crippen molar-refractivity contribution in [2.45, 2.75) is 11.4 Å². The van der Waals surface area contributed by atoms with Gasteiger partial charge < -0.3 is 10.1 Å². The number of fused-ring (bicyclic) bond motifs is 1. The minimum absolute atomic E-state index is 0.280. The highest BCUT2D eigenvalue weighted by Gasteiger charge is 2.22. The summed E-state index contributed by atoms with van der Waals surface area (Å²) in [6.07, 6.45) is 1.63. The van der Waals surface area contributed by atoms with Crippen LogP contribution in [0.1, 0.15) is 5.56 Å². The second-order valence-electron chi connectivity index (χ2n) is 6.63. The molecule has 3 aromatic rings. The normalized spacial score (nSPS) is 15.9. The summed E-state index contributed by atoms with van der Waals surface area (Å²) in [4.78, 5) is 2.64. The van der Waals surface area contributed by atoms with Crippen molar-refractivity contribution < 1.29 is 13.2 Å². The number of hydrogen-bond acceptors (Lipinski definition) is 5. The summed E-state index contributed by atoms with van der Waals surface area (Å²) in [5.41, 5.74) is 1.70. The van der Waals surface area contributed by atoms with Crippen LogP contribution in [0.15, 0.2) is 59.6 Å². The lowest BCUT2D eigenvalue weighted by Gasteiger charge is -2.28. The van der Waals surface area contributed by atoms with Crippen molar-refractivity contribution in [2.75, 3.05) is 33.3 Å². The fourth-order valence-corrected chi connectivity index (χ4v) is 4.96. The number of benzene rings is 2. The molecule has 4 rings (SSSR count). The standard InChI is InChI=1S/C20H23N3O3S/c1-26-20-8-7-19-17(18(20)15-22-13-10-21-11-14-22)9-12-23(19)27(24,25)16-5-3-2-4-6-16/h2-9,12,21H,10-11,13-15H2,1H3. The Kier molecular flexibility index (Phi) is 4.90. The van der Waals surface area contributed by atoms with Crippen LogP contribution in [0, 0.1) is 0 Å². The van der Waals surface area contributed by atoms with Crippen LogP contribution in [-0.2, 0) is 16.6 Å². The van der Waals surface area contributed by atoms with Gasteiger partial charge in [-0.1, -0.05) is 18.2 Å². The van der Waals surface area contributed by atoms with Gasteiger partial charge in [0, 0.05) is 49.9 Å². The Labute approximate surface area is 159 Å². The highest BCUT2D eigenvalue weighted by Crippen LogP contribution is 2.32. The van der Waals surface area contributed by atoms with Gasteiger partial charge in [0.1, 0.15) is 5.75 Å². The molecule has 1 aliphatic heterocycles. The lowest BCUT2D eigenvalue weighted by Crippen LogP contribution is -2.42. The van der Waals surface area contributed by atoms with Gasteiger partial charge in [0.25, 0.3) is 10.0 Å². The van der Waals surface area contributed by atoms with Gasteiger partial charge in [0.05, 0.1) is 17.5 Å². The van der Waals surface area contributed by atoms with Gasteiger partial charge >= 0.3 is 0 Å². The van der Waals surface area contributed by atoms with Crippen molar-refractivity contribution in [1.29, 1.82) is 0 Å². The minimum atomic E-state index is -3.64. The predicted octanol–water partition coefficient (Wildman–Crippen LogP) is 2.29. The van der Waals surface area contributed by atoms with Crippen LogP contribution in [0.3, 0.4) is 0 Å². The van der Waals surface area contributed by atoms with Gasteiger partial charge in [0.15, 0.2) is 0 Å². The molecule has 0 saturated carbocycles. The van der Waals surface area contributed by atoms with Crippen molar-refractivity contribution in [3.05, 3.63) is 60.3 Å². The molecule has 0 unspecified atom stereocenters. The van der Waals surface area contributed by atoms with E-state index >= 15 is 0 Å². The molecule has 2 aromatic carbocycles. The average Bonchev–Trinajstić information content (AvgIpc) is 3.15. The van der Waals surface area contributed by atoms with Gasteiger partial charge in [-0.3, -0.25) is 4.90 Å². The Morgan fingerprint density at radius 3 is 2.48 bits per heavy atom. The van der Waals surface area contributed by atoms with Crippen molar-refractivity contribution in [3.8, 4) is 5.75 Å². The molecule has 1 fully saturated rings. The lowest BCUT2D eigenvalue weighted by molar-refractivity contribution is 0.231. The molecule has 142 valence electrons. The molecule has 1 N–H and O–H groups in total. The summed E-state index contributed by atoms with van der Waals surface area (Å²) >= 11 is 0. The second kappa shape index (κ2) is 7.34. The first-order valence-electron chi connectivity index (χ1n) is 9.02. The van der Waals surface area contributed by atoms with E-state index in [-0.39, 0.29) is 4.90 Å². The molecule has 0 spiro atoms. The zero-order valence-electron chi connectivity index (χ0n) is 15.3. The van der Waals surface area contributed by atoms with Crippen LogP contribution in [0.5, 0.6) is 5.75 Å². The SMILES string of the molecule is COc1ccc2c(ccn2S(=O)(=O)c2ccccc2)c1CN1CCNCC1. The second-order valence-corrected chi connectivity index (χ2v) is 8.45. The average molecular weight is 385 g/mol. The van der Waals surface area contributed by atoms with Crippen molar-refractivity contribution >= 4 is 20.9 Å². The van der Waals surface area contributed by atoms with E-state index < -0.39 is 10.0 Å². The topological polar surface area (TPSA) is 63.6 Å². The summed E-state index contributed by atoms with van der Waals surface area (Å²) in [7, 11) is -1.99. The summed E-state index contributed by atoms with van der Waals surface area (Å²) in [5.74, 6) is 0.788. The van der Waals surface area contributed by atoms with E-state index in [1.165, 1.54) is 3.97 Å². The maximum Gasteiger partial charge on any atom is 0.268 e. The summed E-state index contributed by atoms with van der Waals surface area (Å²) in [6, 6.07) is 14.1. The molecule has 1 saturated heterocycles. The van der Waals surface area contributed by atoms with Gasteiger partial charge in [0.2, 0.25) is 0 Å². The molecule has 27 heavy (non-hydrogen) atoms. The number of hydrogen-bond donors (Lipinski definition) is 1. The molecular formula is C20H23N3O3S. The van der Waals surface area contributed by atoms with Crippen LogP contribution in [0.4, 0.5) is 0 Å². The smallest absolute Gasteiger partial charge is 0.268 e. The number of methoxy groups -OCH3 is 1. The zero-order valence-corrected chi connectivity index (χ0v) is 16.1. The van der Waals surface area contributed by atoms with Crippen LogP contribution in [-0.4, -0.2) is 50.6 Å². The molecule has 0 atom stereocenters. The highest BCUT2D eigenvalue weighted by atomic mass is 32.2. The Bertz CT molecular complexity index is 1040. The van der Waals surface area contributed by atoms with E-state index in [0.717, 1.165) is 49.4 Å². The summed E-state index contributed by atoms with van der Waals surface area (Å²) in [5, 5.41) is 4.26. The Balaban J connectivity index is 1.80. The fraction of sp³-hybridized carbons (Fsp3) is 0.300. The van der Waals surface area contributed by atoms with E-state index in [9.17, 15) is 8.42 Å². The van der Waals surface area contributed by atoms with E-state index in [4.69, 9.17) is 4.74 Å². The molecule has 0 bridgehead atoms. The summed E-state index contributed by atoms with van der Waals surface area (Å²) in [6.45, 7) is 4.58. The number of ether oxygens (including phenoxy) is 1. The Hall–Kier alpha value is -2.35. The molecule has 1 aliphatic rings. The number of nitrogens with one attached hydrogen (secondary N) is 1. The fourth-order valence-electron chi connectivity index (χ4n) is 3.60. The van der Waals surface area contributed by atoms with Gasteiger partial charge in [-0.2, -0.15) is 0 Å². The quantitative estimate of drug-likeness (QED) is 0.730. The van der Waals surface area contributed by atoms with E-state index in [1.807, 2.05) is 24.3 Å².